The molecule has 21 heavy (non-hydrogen) atoms. The van der Waals surface area contributed by atoms with Gasteiger partial charge < -0.3 is 9.73 Å². The van der Waals surface area contributed by atoms with Crippen molar-refractivity contribution in [2.24, 2.45) is 5.92 Å². The minimum atomic E-state index is 0.237. The molecule has 120 valence electrons. The molecule has 0 unspecified atom stereocenters. The molecule has 1 aromatic heterocycles. The van der Waals surface area contributed by atoms with Crippen LogP contribution in [0.25, 0.3) is 0 Å². The number of piperazine rings is 1. The second-order valence-corrected chi connectivity index (χ2v) is 7.34. The molecule has 2 heterocycles. The van der Waals surface area contributed by atoms with Gasteiger partial charge in [-0.15, -0.1) is 0 Å². The second kappa shape index (κ2) is 6.95. The molecule has 1 aromatic rings. The fourth-order valence-corrected chi connectivity index (χ4v) is 2.84. The predicted molar refractivity (Wildman–Crippen MR) is 87.2 cm³/mol. The lowest BCUT2D eigenvalue weighted by Crippen LogP contribution is -2.57. The molecule has 0 spiro atoms. The van der Waals surface area contributed by atoms with Gasteiger partial charge in [0.15, 0.2) is 0 Å². The molecule has 1 N–H and O–H groups in total. The fourth-order valence-electron chi connectivity index (χ4n) is 2.84. The highest BCUT2D eigenvalue weighted by atomic mass is 16.3. The first kappa shape index (κ1) is 16.5. The van der Waals surface area contributed by atoms with Crippen LogP contribution in [0.5, 0.6) is 0 Å². The first-order chi connectivity index (χ1) is 9.88. The maximum absolute atomic E-state index is 5.72. The van der Waals surface area contributed by atoms with Crippen LogP contribution < -0.4 is 5.32 Å². The monoisotopic (exact) mass is 293 g/mol. The van der Waals surface area contributed by atoms with Crippen LogP contribution in [0.2, 0.25) is 0 Å². The van der Waals surface area contributed by atoms with Crippen molar-refractivity contribution in [3.63, 3.8) is 0 Å². The highest BCUT2D eigenvalue weighted by Crippen LogP contribution is 2.22. The van der Waals surface area contributed by atoms with E-state index in [1.165, 1.54) is 5.56 Å². The van der Waals surface area contributed by atoms with Gasteiger partial charge in [-0.1, -0.05) is 13.8 Å². The Morgan fingerprint density at radius 3 is 2.76 bits per heavy atom. The van der Waals surface area contributed by atoms with Gasteiger partial charge in [0.05, 0.1) is 12.8 Å². The van der Waals surface area contributed by atoms with E-state index in [2.05, 4.69) is 55.9 Å². The largest absolute Gasteiger partial charge is 0.468 e. The molecule has 0 aromatic carbocycles. The first-order valence-electron chi connectivity index (χ1n) is 8.08. The molecule has 0 aliphatic carbocycles. The summed E-state index contributed by atoms with van der Waals surface area (Å²) >= 11 is 0. The molecule has 2 rings (SSSR count). The van der Waals surface area contributed by atoms with Crippen molar-refractivity contribution < 1.29 is 4.42 Å². The predicted octanol–water partition coefficient (Wildman–Crippen LogP) is 2.55. The molecule has 0 saturated carbocycles. The summed E-state index contributed by atoms with van der Waals surface area (Å²) in [7, 11) is 2.21. The van der Waals surface area contributed by atoms with Gasteiger partial charge >= 0.3 is 0 Å². The Morgan fingerprint density at radius 1 is 1.33 bits per heavy atom. The van der Waals surface area contributed by atoms with E-state index in [1.54, 1.807) is 0 Å². The van der Waals surface area contributed by atoms with Gasteiger partial charge in [-0.2, -0.15) is 0 Å². The van der Waals surface area contributed by atoms with Gasteiger partial charge in [0.1, 0.15) is 5.76 Å². The zero-order chi connectivity index (χ0) is 15.5. The van der Waals surface area contributed by atoms with Gasteiger partial charge in [0, 0.05) is 37.3 Å². The van der Waals surface area contributed by atoms with Crippen LogP contribution in [0.3, 0.4) is 0 Å². The quantitative estimate of drug-likeness (QED) is 0.873. The number of rotatable bonds is 6. The van der Waals surface area contributed by atoms with Crippen LogP contribution >= 0.6 is 0 Å². The van der Waals surface area contributed by atoms with Gasteiger partial charge in [0.2, 0.25) is 0 Å². The van der Waals surface area contributed by atoms with Crippen LogP contribution in [-0.2, 0) is 13.1 Å². The highest BCUT2D eigenvalue weighted by molar-refractivity contribution is 5.17. The van der Waals surface area contributed by atoms with E-state index in [9.17, 15) is 0 Å². The van der Waals surface area contributed by atoms with Crippen molar-refractivity contribution in [2.45, 2.75) is 46.3 Å². The van der Waals surface area contributed by atoms with Crippen molar-refractivity contribution in [1.82, 2.24) is 15.1 Å². The number of hydrogen-bond acceptors (Lipinski definition) is 4. The molecule has 4 nitrogen and oxygen atoms in total. The van der Waals surface area contributed by atoms with Crippen molar-refractivity contribution in [1.29, 1.82) is 0 Å². The summed E-state index contributed by atoms with van der Waals surface area (Å²) in [5.41, 5.74) is 1.54. The standard InChI is InChI=1S/C17H31N3O/c1-14(2)10-18-11-15-6-9-21-16(15)12-20-8-7-19(5)17(3,4)13-20/h6,9,14,18H,7-8,10-13H2,1-5H3. The Labute approximate surface area is 129 Å². The number of likely N-dealkylation sites (N-methyl/N-ethyl adjacent to an activating group) is 1. The Bertz CT molecular complexity index is 439. The van der Waals surface area contributed by atoms with Gasteiger partial charge in [-0.3, -0.25) is 9.80 Å². The lowest BCUT2D eigenvalue weighted by molar-refractivity contribution is 0.0326. The minimum absolute atomic E-state index is 0.237. The summed E-state index contributed by atoms with van der Waals surface area (Å²) in [6.07, 6.45) is 1.82. The molecule has 1 aliphatic rings. The number of hydrogen-bond donors (Lipinski definition) is 1. The molecule has 1 fully saturated rings. The zero-order valence-electron chi connectivity index (χ0n) is 14.3. The van der Waals surface area contributed by atoms with E-state index in [-0.39, 0.29) is 5.54 Å². The first-order valence-corrected chi connectivity index (χ1v) is 8.08. The normalized spacial score (nSPS) is 20.3. The maximum Gasteiger partial charge on any atom is 0.122 e. The number of nitrogens with one attached hydrogen (secondary N) is 1. The van der Waals surface area contributed by atoms with Crippen LogP contribution in [-0.4, -0.2) is 48.6 Å². The maximum atomic E-state index is 5.72. The summed E-state index contributed by atoms with van der Waals surface area (Å²) in [5.74, 6) is 1.80. The third kappa shape index (κ3) is 4.56. The Balaban J connectivity index is 1.90. The van der Waals surface area contributed by atoms with Gasteiger partial charge in [-0.05, 0) is 39.4 Å². The SMILES string of the molecule is CC(C)CNCc1ccoc1CN1CCN(C)C(C)(C)C1. The Hall–Kier alpha value is -0.840. The molecule has 1 aliphatic heterocycles. The van der Waals surface area contributed by atoms with Crippen LogP contribution in [0.4, 0.5) is 0 Å². The van der Waals surface area contributed by atoms with Crippen molar-refractivity contribution >= 4 is 0 Å². The third-order valence-electron chi connectivity index (χ3n) is 4.47. The van der Waals surface area contributed by atoms with Gasteiger partial charge in [0.25, 0.3) is 0 Å². The molecule has 4 heteroatoms. The summed E-state index contributed by atoms with van der Waals surface area (Å²) < 4.78 is 5.72. The van der Waals surface area contributed by atoms with E-state index in [1.807, 2.05) is 6.26 Å². The van der Waals surface area contributed by atoms with Crippen LogP contribution in [0.15, 0.2) is 16.7 Å². The summed E-state index contributed by atoms with van der Waals surface area (Å²) in [6.45, 7) is 15.3. The number of furan rings is 1. The van der Waals surface area contributed by atoms with Crippen molar-refractivity contribution in [2.75, 3.05) is 33.2 Å². The fraction of sp³-hybridized carbons (Fsp3) is 0.765. The topological polar surface area (TPSA) is 31.7 Å². The molecule has 0 atom stereocenters. The van der Waals surface area contributed by atoms with Crippen molar-refractivity contribution in [3.05, 3.63) is 23.7 Å². The van der Waals surface area contributed by atoms with Gasteiger partial charge in [-0.25, -0.2) is 0 Å². The summed E-state index contributed by atoms with van der Waals surface area (Å²) in [4.78, 5) is 4.95. The average molecular weight is 293 g/mol. The zero-order valence-corrected chi connectivity index (χ0v) is 14.3. The number of nitrogens with zero attached hydrogens (tertiary/aromatic N) is 2. The van der Waals surface area contributed by atoms with E-state index >= 15 is 0 Å². The Kier molecular flexibility index (Phi) is 5.47. The molecule has 0 amide bonds. The third-order valence-corrected chi connectivity index (χ3v) is 4.47. The molecular weight excluding hydrogens is 262 g/mol. The molecule has 0 radical (unpaired) electrons. The highest BCUT2D eigenvalue weighted by Gasteiger charge is 2.31. The van der Waals surface area contributed by atoms with E-state index < -0.39 is 0 Å². The molecule has 0 bridgehead atoms. The summed E-state index contributed by atoms with van der Waals surface area (Å²) in [5, 5.41) is 3.50. The lowest BCUT2D eigenvalue weighted by atomic mass is 9.99. The second-order valence-electron chi connectivity index (χ2n) is 7.34. The molecular formula is C17H31N3O. The lowest BCUT2D eigenvalue weighted by Gasteiger charge is -2.45. The minimum Gasteiger partial charge on any atom is -0.468 e. The molecule has 1 saturated heterocycles. The van der Waals surface area contributed by atoms with Crippen LogP contribution in [0.1, 0.15) is 39.0 Å². The average Bonchev–Trinajstić information content (AvgIpc) is 2.81. The summed E-state index contributed by atoms with van der Waals surface area (Å²) in [6, 6.07) is 2.10. The van der Waals surface area contributed by atoms with E-state index in [4.69, 9.17) is 4.42 Å². The smallest absolute Gasteiger partial charge is 0.122 e. The van der Waals surface area contributed by atoms with E-state index in [0.717, 1.165) is 45.0 Å². The van der Waals surface area contributed by atoms with E-state index in [0.29, 0.717) is 5.92 Å². The van der Waals surface area contributed by atoms with Crippen LogP contribution in [0, 0.1) is 5.92 Å². The Morgan fingerprint density at radius 2 is 2.10 bits per heavy atom. The van der Waals surface area contributed by atoms with Crippen molar-refractivity contribution in [3.8, 4) is 0 Å².